The summed E-state index contributed by atoms with van der Waals surface area (Å²) >= 11 is 1.63. The van der Waals surface area contributed by atoms with Gasteiger partial charge in [-0.2, -0.15) is 5.10 Å². The predicted molar refractivity (Wildman–Crippen MR) is 85.7 cm³/mol. The third kappa shape index (κ3) is 3.78. The summed E-state index contributed by atoms with van der Waals surface area (Å²) in [7, 11) is 2.08. The van der Waals surface area contributed by atoms with Gasteiger partial charge in [0.1, 0.15) is 5.82 Å². The van der Waals surface area contributed by atoms with Gasteiger partial charge in [-0.05, 0) is 31.3 Å². The topological polar surface area (TPSA) is 34.0 Å². The maximum absolute atomic E-state index is 12.9. The van der Waals surface area contributed by atoms with Crippen LogP contribution in [-0.2, 0) is 13.0 Å². The van der Waals surface area contributed by atoms with Gasteiger partial charge in [-0.3, -0.25) is 0 Å². The highest BCUT2D eigenvalue weighted by Crippen LogP contribution is 2.11. The molecule has 22 heavy (non-hydrogen) atoms. The Labute approximate surface area is 132 Å². The second-order valence-electron chi connectivity index (χ2n) is 5.24. The first-order valence-electron chi connectivity index (χ1n) is 7.06. The van der Waals surface area contributed by atoms with Gasteiger partial charge in [-0.25, -0.2) is 14.1 Å². The Bertz CT molecular complexity index is 706. The van der Waals surface area contributed by atoms with E-state index in [1.807, 2.05) is 17.9 Å². The SMILES string of the molecule is CN(CCc1cscn1)Cc1cnn(-c2ccc(F)cc2)c1. The number of halogens is 1. The van der Waals surface area contributed by atoms with E-state index in [-0.39, 0.29) is 5.82 Å². The van der Waals surface area contributed by atoms with Crippen LogP contribution in [0, 0.1) is 5.82 Å². The molecular formula is C16H17FN4S. The van der Waals surface area contributed by atoms with Crippen LogP contribution in [0.4, 0.5) is 4.39 Å². The molecule has 0 saturated carbocycles. The van der Waals surface area contributed by atoms with Crippen molar-refractivity contribution >= 4 is 11.3 Å². The first kappa shape index (κ1) is 14.9. The molecule has 0 bridgehead atoms. The molecule has 3 aromatic rings. The Hall–Kier alpha value is -2.05. The first-order valence-corrected chi connectivity index (χ1v) is 8.00. The third-order valence-electron chi connectivity index (χ3n) is 3.41. The van der Waals surface area contributed by atoms with Crippen molar-refractivity contribution in [2.24, 2.45) is 0 Å². The lowest BCUT2D eigenvalue weighted by atomic mass is 10.3. The molecule has 0 N–H and O–H groups in total. The number of hydrogen-bond donors (Lipinski definition) is 0. The van der Waals surface area contributed by atoms with Crippen molar-refractivity contribution in [1.29, 1.82) is 0 Å². The summed E-state index contributed by atoms with van der Waals surface area (Å²) in [5, 5.41) is 6.42. The quantitative estimate of drug-likeness (QED) is 0.700. The van der Waals surface area contributed by atoms with Crippen LogP contribution in [-0.4, -0.2) is 33.3 Å². The molecule has 3 rings (SSSR count). The normalized spacial score (nSPS) is 11.2. The fourth-order valence-electron chi connectivity index (χ4n) is 2.23. The Morgan fingerprint density at radius 1 is 1.27 bits per heavy atom. The van der Waals surface area contributed by atoms with E-state index in [0.29, 0.717) is 0 Å². The number of nitrogens with zero attached hydrogens (tertiary/aromatic N) is 4. The lowest BCUT2D eigenvalue weighted by molar-refractivity contribution is 0.330. The van der Waals surface area contributed by atoms with Crippen molar-refractivity contribution in [2.75, 3.05) is 13.6 Å². The van der Waals surface area contributed by atoms with Gasteiger partial charge in [0.2, 0.25) is 0 Å². The number of benzene rings is 1. The van der Waals surface area contributed by atoms with E-state index in [1.165, 1.54) is 12.1 Å². The van der Waals surface area contributed by atoms with Gasteiger partial charge < -0.3 is 4.90 Å². The Balaban J connectivity index is 1.58. The lowest BCUT2D eigenvalue weighted by Crippen LogP contribution is -2.20. The van der Waals surface area contributed by atoms with Crippen LogP contribution in [0.25, 0.3) is 5.69 Å². The van der Waals surface area contributed by atoms with E-state index in [9.17, 15) is 4.39 Å². The highest BCUT2D eigenvalue weighted by molar-refractivity contribution is 7.07. The lowest BCUT2D eigenvalue weighted by Gasteiger charge is -2.14. The zero-order valence-electron chi connectivity index (χ0n) is 12.3. The Kier molecular flexibility index (Phi) is 4.60. The van der Waals surface area contributed by atoms with Crippen LogP contribution in [0.3, 0.4) is 0 Å². The molecule has 114 valence electrons. The molecule has 0 aliphatic rings. The van der Waals surface area contributed by atoms with E-state index in [4.69, 9.17) is 0 Å². The molecule has 4 nitrogen and oxygen atoms in total. The fourth-order valence-corrected chi connectivity index (χ4v) is 2.83. The van der Waals surface area contributed by atoms with E-state index in [0.717, 1.165) is 36.5 Å². The Morgan fingerprint density at radius 2 is 2.09 bits per heavy atom. The van der Waals surface area contributed by atoms with Crippen LogP contribution >= 0.6 is 11.3 Å². The van der Waals surface area contributed by atoms with Gasteiger partial charge in [0.25, 0.3) is 0 Å². The molecule has 6 heteroatoms. The van der Waals surface area contributed by atoms with Gasteiger partial charge in [-0.15, -0.1) is 11.3 Å². The molecule has 2 heterocycles. The predicted octanol–water partition coefficient (Wildman–Crippen LogP) is 3.14. The fraction of sp³-hybridized carbons (Fsp3) is 0.250. The smallest absolute Gasteiger partial charge is 0.123 e. The van der Waals surface area contributed by atoms with Crippen LogP contribution in [0.15, 0.2) is 47.5 Å². The summed E-state index contributed by atoms with van der Waals surface area (Å²) in [6.45, 7) is 1.77. The summed E-state index contributed by atoms with van der Waals surface area (Å²) in [5.74, 6) is -0.238. The first-order chi connectivity index (χ1) is 10.7. The van der Waals surface area contributed by atoms with Gasteiger partial charge in [0, 0.05) is 36.7 Å². The molecule has 0 unspecified atom stereocenters. The van der Waals surface area contributed by atoms with Gasteiger partial charge in [0.05, 0.1) is 23.1 Å². The van der Waals surface area contributed by atoms with Crippen molar-refractivity contribution in [1.82, 2.24) is 19.7 Å². The summed E-state index contributed by atoms with van der Waals surface area (Å²) in [5.41, 5.74) is 4.99. The van der Waals surface area contributed by atoms with Gasteiger partial charge >= 0.3 is 0 Å². The summed E-state index contributed by atoms with van der Waals surface area (Å²) < 4.78 is 14.7. The molecule has 0 aliphatic heterocycles. The average molecular weight is 316 g/mol. The molecule has 0 saturated heterocycles. The minimum absolute atomic E-state index is 0.238. The van der Waals surface area contributed by atoms with Crippen molar-refractivity contribution in [3.05, 3.63) is 64.6 Å². The maximum atomic E-state index is 12.9. The number of aromatic nitrogens is 3. The van der Waals surface area contributed by atoms with Crippen LogP contribution < -0.4 is 0 Å². The molecule has 0 fully saturated rings. The number of likely N-dealkylation sites (N-methyl/N-ethyl adjacent to an activating group) is 1. The van der Waals surface area contributed by atoms with Crippen LogP contribution in [0.5, 0.6) is 0 Å². The monoisotopic (exact) mass is 316 g/mol. The highest BCUT2D eigenvalue weighted by Gasteiger charge is 2.06. The second kappa shape index (κ2) is 6.81. The molecule has 0 spiro atoms. The minimum Gasteiger partial charge on any atom is -0.302 e. The van der Waals surface area contributed by atoms with E-state index < -0.39 is 0 Å². The molecule has 0 atom stereocenters. The minimum atomic E-state index is -0.238. The largest absolute Gasteiger partial charge is 0.302 e. The number of rotatable bonds is 6. The summed E-state index contributed by atoms with van der Waals surface area (Å²) in [6.07, 6.45) is 4.78. The number of hydrogen-bond acceptors (Lipinski definition) is 4. The molecule has 0 aliphatic carbocycles. The molecule has 2 aromatic heterocycles. The molecule has 0 amide bonds. The van der Waals surface area contributed by atoms with E-state index in [2.05, 4.69) is 27.4 Å². The van der Waals surface area contributed by atoms with Crippen molar-refractivity contribution in [2.45, 2.75) is 13.0 Å². The molecule has 1 aromatic carbocycles. The molecular weight excluding hydrogens is 299 g/mol. The van der Waals surface area contributed by atoms with Crippen LogP contribution in [0.2, 0.25) is 0 Å². The summed E-state index contributed by atoms with van der Waals surface area (Å²) in [6, 6.07) is 6.32. The average Bonchev–Trinajstić information content (AvgIpc) is 3.17. The molecule has 0 radical (unpaired) electrons. The summed E-state index contributed by atoms with van der Waals surface area (Å²) in [4.78, 5) is 6.53. The maximum Gasteiger partial charge on any atom is 0.123 e. The standard InChI is InChI=1S/C16H17FN4S/c1-20(7-6-15-11-22-12-18-15)9-13-8-19-21(10-13)16-4-2-14(17)3-5-16/h2-5,8,10-12H,6-7,9H2,1H3. The van der Waals surface area contributed by atoms with Gasteiger partial charge in [-0.1, -0.05) is 0 Å². The second-order valence-corrected chi connectivity index (χ2v) is 5.96. The zero-order valence-corrected chi connectivity index (χ0v) is 13.1. The third-order valence-corrected chi connectivity index (χ3v) is 4.05. The zero-order chi connectivity index (χ0) is 15.4. The van der Waals surface area contributed by atoms with Crippen molar-refractivity contribution in [3.8, 4) is 5.69 Å². The van der Waals surface area contributed by atoms with Crippen molar-refractivity contribution < 1.29 is 4.39 Å². The van der Waals surface area contributed by atoms with Gasteiger partial charge in [0.15, 0.2) is 0 Å². The van der Waals surface area contributed by atoms with Crippen molar-refractivity contribution in [3.63, 3.8) is 0 Å². The van der Waals surface area contributed by atoms with Crippen LogP contribution in [0.1, 0.15) is 11.3 Å². The number of thiazole rings is 1. The van der Waals surface area contributed by atoms with E-state index >= 15 is 0 Å². The van der Waals surface area contributed by atoms with E-state index in [1.54, 1.807) is 28.2 Å². The Morgan fingerprint density at radius 3 is 2.82 bits per heavy atom. The highest BCUT2D eigenvalue weighted by atomic mass is 32.1.